The fourth-order valence-electron chi connectivity index (χ4n) is 4.21. The van der Waals surface area contributed by atoms with Gasteiger partial charge in [0.1, 0.15) is 18.4 Å². The standard InChI is InChI=1S/C23H22ClN5OS/c24-20-3-1-2-16-9-18(31-22(16)20)12-28-6-7-29(17(11-28)13-30)10-15-4-5-19-21(8-15)26-14-27-23(19)25/h1-5,8-9,13-14,17H,6-7,10-12H2,(H2,25,26,27). The molecule has 1 aliphatic heterocycles. The van der Waals surface area contributed by atoms with Crippen molar-refractivity contribution in [3.05, 3.63) is 64.3 Å². The maximum atomic E-state index is 11.9. The van der Waals surface area contributed by atoms with Crippen LogP contribution in [0.4, 0.5) is 5.82 Å². The van der Waals surface area contributed by atoms with Crippen molar-refractivity contribution in [2.45, 2.75) is 19.1 Å². The van der Waals surface area contributed by atoms with E-state index in [1.165, 1.54) is 16.6 Å². The van der Waals surface area contributed by atoms with Crippen LogP contribution in [0.2, 0.25) is 5.02 Å². The number of nitrogens with two attached hydrogens (primary N) is 1. The Labute approximate surface area is 189 Å². The molecule has 3 heterocycles. The fourth-order valence-corrected chi connectivity index (χ4v) is 5.61. The SMILES string of the molecule is Nc1ncnc2cc(CN3CCN(Cc4cc5cccc(Cl)c5s4)CC3C=O)ccc12. The van der Waals surface area contributed by atoms with Crippen LogP contribution in [-0.2, 0) is 17.9 Å². The molecule has 2 N–H and O–H groups in total. The number of nitrogens with zero attached hydrogens (tertiary/aromatic N) is 4. The van der Waals surface area contributed by atoms with Crippen LogP contribution < -0.4 is 5.73 Å². The predicted molar refractivity (Wildman–Crippen MR) is 126 cm³/mol. The van der Waals surface area contributed by atoms with Crippen LogP contribution in [0.25, 0.3) is 21.0 Å². The van der Waals surface area contributed by atoms with Gasteiger partial charge in [-0.25, -0.2) is 9.97 Å². The van der Waals surface area contributed by atoms with Crippen molar-refractivity contribution in [1.82, 2.24) is 19.8 Å². The first-order valence-corrected chi connectivity index (χ1v) is 11.4. The molecule has 2 aromatic carbocycles. The Kier molecular flexibility index (Phi) is 5.58. The quantitative estimate of drug-likeness (QED) is 0.463. The third-order valence-electron chi connectivity index (χ3n) is 5.82. The molecule has 2 aromatic heterocycles. The second-order valence-electron chi connectivity index (χ2n) is 7.89. The van der Waals surface area contributed by atoms with Gasteiger partial charge < -0.3 is 10.5 Å². The molecule has 0 aliphatic carbocycles. The van der Waals surface area contributed by atoms with Crippen molar-refractivity contribution in [1.29, 1.82) is 0 Å². The Morgan fingerprint density at radius 2 is 2.06 bits per heavy atom. The first-order valence-electron chi connectivity index (χ1n) is 10.2. The summed E-state index contributed by atoms with van der Waals surface area (Å²) in [5, 5.41) is 2.83. The van der Waals surface area contributed by atoms with Crippen LogP contribution in [0.5, 0.6) is 0 Å². The first kappa shape index (κ1) is 20.3. The summed E-state index contributed by atoms with van der Waals surface area (Å²) in [7, 11) is 0. The molecule has 8 heteroatoms. The molecular formula is C23H22ClN5OS. The molecule has 0 saturated carbocycles. The molecule has 1 saturated heterocycles. The topological polar surface area (TPSA) is 75.3 Å². The lowest BCUT2D eigenvalue weighted by Crippen LogP contribution is -2.52. The summed E-state index contributed by atoms with van der Waals surface area (Å²) in [4.78, 5) is 26.1. The number of nitrogen functional groups attached to an aromatic ring is 1. The van der Waals surface area contributed by atoms with Gasteiger partial charge in [0, 0.05) is 43.0 Å². The number of fused-ring (bicyclic) bond motifs is 2. The minimum absolute atomic E-state index is 0.141. The highest BCUT2D eigenvalue weighted by molar-refractivity contribution is 7.19. The Hall–Kier alpha value is -2.58. The normalized spacial score (nSPS) is 18.0. The highest BCUT2D eigenvalue weighted by Gasteiger charge is 2.27. The highest BCUT2D eigenvalue weighted by atomic mass is 35.5. The lowest BCUT2D eigenvalue weighted by Gasteiger charge is -2.38. The summed E-state index contributed by atoms with van der Waals surface area (Å²) in [5.74, 6) is 0.485. The van der Waals surface area contributed by atoms with E-state index in [0.717, 1.165) is 52.1 Å². The molecule has 0 bridgehead atoms. The molecule has 1 unspecified atom stereocenters. The van der Waals surface area contributed by atoms with Gasteiger partial charge in [0.2, 0.25) is 0 Å². The predicted octanol–water partition coefficient (Wildman–Crippen LogP) is 3.97. The molecule has 1 atom stereocenters. The molecule has 5 rings (SSSR count). The molecule has 4 aromatic rings. The van der Waals surface area contributed by atoms with Crippen molar-refractivity contribution in [2.24, 2.45) is 0 Å². The number of aldehydes is 1. The van der Waals surface area contributed by atoms with Crippen LogP contribution in [0, 0.1) is 0 Å². The van der Waals surface area contributed by atoms with E-state index in [9.17, 15) is 4.79 Å². The number of rotatable bonds is 5. The molecule has 158 valence electrons. The van der Waals surface area contributed by atoms with Gasteiger partial charge in [-0.15, -0.1) is 11.3 Å². The van der Waals surface area contributed by atoms with Gasteiger partial charge in [-0.2, -0.15) is 0 Å². The monoisotopic (exact) mass is 451 g/mol. The minimum Gasteiger partial charge on any atom is -0.383 e. The van der Waals surface area contributed by atoms with Crippen molar-refractivity contribution in [2.75, 3.05) is 25.4 Å². The number of hydrogen-bond acceptors (Lipinski definition) is 7. The maximum Gasteiger partial charge on any atom is 0.138 e. The average Bonchev–Trinajstić information content (AvgIpc) is 3.19. The Morgan fingerprint density at radius 1 is 1.16 bits per heavy atom. The highest BCUT2D eigenvalue weighted by Crippen LogP contribution is 2.32. The molecule has 1 fully saturated rings. The second kappa shape index (κ2) is 8.51. The van der Waals surface area contributed by atoms with Gasteiger partial charge >= 0.3 is 0 Å². The summed E-state index contributed by atoms with van der Waals surface area (Å²) >= 11 is 8.06. The van der Waals surface area contributed by atoms with E-state index in [4.69, 9.17) is 17.3 Å². The van der Waals surface area contributed by atoms with E-state index in [-0.39, 0.29) is 6.04 Å². The van der Waals surface area contributed by atoms with Gasteiger partial charge in [-0.1, -0.05) is 29.8 Å². The van der Waals surface area contributed by atoms with Crippen molar-refractivity contribution in [3.63, 3.8) is 0 Å². The third-order valence-corrected chi connectivity index (χ3v) is 7.41. The summed E-state index contributed by atoms with van der Waals surface area (Å²) < 4.78 is 1.13. The van der Waals surface area contributed by atoms with Crippen molar-refractivity contribution >= 4 is 56.0 Å². The average molecular weight is 452 g/mol. The minimum atomic E-state index is -0.141. The number of anilines is 1. The Bertz CT molecular complexity index is 1260. The second-order valence-corrected chi connectivity index (χ2v) is 9.43. The smallest absolute Gasteiger partial charge is 0.138 e. The van der Waals surface area contributed by atoms with Gasteiger partial charge in [-0.3, -0.25) is 9.80 Å². The van der Waals surface area contributed by atoms with E-state index >= 15 is 0 Å². The third kappa shape index (κ3) is 4.14. The van der Waals surface area contributed by atoms with Crippen LogP contribution in [0.15, 0.2) is 48.8 Å². The number of benzene rings is 2. The Morgan fingerprint density at radius 3 is 2.90 bits per heavy atom. The summed E-state index contributed by atoms with van der Waals surface area (Å²) in [6.07, 6.45) is 2.55. The molecule has 0 spiro atoms. The van der Waals surface area contributed by atoms with E-state index in [1.54, 1.807) is 11.3 Å². The van der Waals surface area contributed by atoms with Crippen LogP contribution in [0.3, 0.4) is 0 Å². The van der Waals surface area contributed by atoms with Crippen LogP contribution in [0.1, 0.15) is 10.4 Å². The van der Waals surface area contributed by atoms with Crippen LogP contribution >= 0.6 is 22.9 Å². The number of hydrogen-bond donors (Lipinski definition) is 1. The van der Waals surface area contributed by atoms with Gasteiger partial charge in [0.15, 0.2) is 0 Å². The van der Waals surface area contributed by atoms with Gasteiger partial charge in [-0.05, 0) is 35.2 Å². The largest absolute Gasteiger partial charge is 0.383 e. The summed E-state index contributed by atoms with van der Waals surface area (Å²) in [5.41, 5.74) is 7.87. The number of piperazine rings is 1. The van der Waals surface area contributed by atoms with Crippen molar-refractivity contribution < 1.29 is 4.79 Å². The molecule has 0 radical (unpaired) electrons. The molecular weight excluding hydrogens is 430 g/mol. The summed E-state index contributed by atoms with van der Waals surface area (Å²) in [6.45, 7) is 4.00. The molecule has 1 aliphatic rings. The number of carbonyl (C=O) groups is 1. The van der Waals surface area contributed by atoms with Gasteiger partial charge in [0.25, 0.3) is 0 Å². The number of carbonyl (C=O) groups excluding carboxylic acids is 1. The zero-order valence-corrected chi connectivity index (χ0v) is 18.4. The van der Waals surface area contributed by atoms with Crippen LogP contribution in [-0.4, -0.2) is 51.7 Å². The zero-order valence-electron chi connectivity index (χ0n) is 16.9. The molecule has 6 nitrogen and oxygen atoms in total. The van der Waals surface area contributed by atoms with E-state index in [0.29, 0.717) is 18.9 Å². The zero-order chi connectivity index (χ0) is 21.4. The fraction of sp³-hybridized carbons (Fsp3) is 0.261. The van der Waals surface area contributed by atoms with E-state index < -0.39 is 0 Å². The molecule has 0 amide bonds. The number of aromatic nitrogens is 2. The lowest BCUT2D eigenvalue weighted by molar-refractivity contribution is -0.115. The molecule has 31 heavy (non-hydrogen) atoms. The first-order chi connectivity index (χ1) is 15.1. The van der Waals surface area contributed by atoms with E-state index in [1.807, 2.05) is 30.3 Å². The Balaban J connectivity index is 1.28. The van der Waals surface area contributed by atoms with E-state index in [2.05, 4.69) is 31.9 Å². The maximum absolute atomic E-state index is 11.9. The lowest BCUT2D eigenvalue weighted by atomic mass is 10.1. The van der Waals surface area contributed by atoms with Crippen molar-refractivity contribution in [3.8, 4) is 0 Å². The number of thiophene rings is 1. The number of halogens is 1. The van der Waals surface area contributed by atoms with Gasteiger partial charge in [0.05, 0.1) is 21.3 Å². The summed E-state index contributed by atoms with van der Waals surface area (Å²) in [6, 6.07) is 14.1.